The summed E-state index contributed by atoms with van der Waals surface area (Å²) in [7, 11) is 0. The van der Waals surface area contributed by atoms with Crippen LogP contribution < -0.4 is 5.56 Å². The fourth-order valence-electron chi connectivity index (χ4n) is 3.29. The maximum Gasteiger partial charge on any atom is 0.251 e. The van der Waals surface area contributed by atoms with Gasteiger partial charge in [-0.1, -0.05) is 0 Å². The second-order valence-electron chi connectivity index (χ2n) is 6.26. The summed E-state index contributed by atoms with van der Waals surface area (Å²) in [6.45, 7) is 2.66. The number of hydrogen-bond acceptors (Lipinski definition) is 6. The molecule has 1 fully saturated rings. The summed E-state index contributed by atoms with van der Waals surface area (Å²) in [6, 6.07) is 5.49. The smallest absolute Gasteiger partial charge is 0.251 e. The predicted molar refractivity (Wildman–Crippen MR) is 91.8 cm³/mol. The molecule has 3 aromatic rings. The van der Waals surface area contributed by atoms with Gasteiger partial charge in [-0.3, -0.25) is 14.7 Å². The number of piperidine rings is 1. The van der Waals surface area contributed by atoms with Crippen LogP contribution in [0.2, 0.25) is 0 Å². The maximum absolute atomic E-state index is 12.1. The van der Waals surface area contributed by atoms with Crippen LogP contribution in [0.3, 0.4) is 0 Å². The van der Waals surface area contributed by atoms with E-state index < -0.39 is 0 Å². The topological polar surface area (TPSA) is 87.9 Å². The summed E-state index contributed by atoms with van der Waals surface area (Å²) in [4.78, 5) is 30.1. The first-order valence-corrected chi connectivity index (χ1v) is 8.40. The van der Waals surface area contributed by atoms with Gasteiger partial charge in [-0.25, -0.2) is 9.97 Å². The van der Waals surface area contributed by atoms with Gasteiger partial charge in [0.15, 0.2) is 5.82 Å². The summed E-state index contributed by atoms with van der Waals surface area (Å²) in [5.41, 5.74) is 1.23. The van der Waals surface area contributed by atoms with Crippen LogP contribution in [-0.2, 0) is 6.54 Å². The zero-order valence-electron chi connectivity index (χ0n) is 13.8. The Morgan fingerprint density at radius 2 is 2.32 bits per heavy atom. The van der Waals surface area contributed by atoms with Crippen molar-refractivity contribution in [2.24, 2.45) is 0 Å². The number of likely N-dealkylation sites (tertiary alicyclic amines) is 1. The van der Waals surface area contributed by atoms with Crippen LogP contribution in [0.15, 0.2) is 52.3 Å². The molecule has 25 heavy (non-hydrogen) atoms. The highest BCUT2D eigenvalue weighted by Crippen LogP contribution is 2.26. The molecule has 0 amide bonds. The van der Waals surface area contributed by atoms with Crippen LogP contribution in [0.1, 0.15) is 30.2 Å². The van der Waals surface area contributed by atoms with Gasteiger partial charge in [0.1, 0.15) is 11.5 Å². The summed E-state index contributed by atoms with van der Waals surface area (Å²) in [6.07, 6.45) is 8.58. The molecule has 1 saturated heterocycles. The molecule has 1 N–H and O–H groups in total. The average molecular weight is 337 g/mol. The zero-order chi connectivity index (χ0) is 17.1. The van der Waals surface area contributed by atoms with Gasteiger partial charge in [0.2, 0.25) is 0 Å². The van der Waals surface area contributed by atoms with Gasteiger partial charge in [-0.2, -0.15) is 0 Å². The summed E-state index contributed by atoms with van der Waals surface area (Å²) < 4.78 is 5.45. The fourth-order valence-corrected chi connectivity index (χ4v) is 3.29. The molecular weight excluding hydrogens is 318 g/mol. The second kappa shape index (κ2) is 6.98. The number of aromatic amines is 1. The number of nitrogens with zero attached hydrogens (tertiary/aromatic N) is 4. The number of furan rings is 1. The van der Waals surface area contributed by atoms with Gasteiger partial charge in [0.25, 0.3) is 5.56 Å². The normalized spacial score (nSPS) is 18.3. The Balaban J connectivity index is 1.56. The van der Waals surface area contributed by atoms with Gasteiger partial charge in [-0.15, -0.1) is 0 Å². The van der Waals surface area contributed by atoms with Crippen LogP contribution in [0.4, 0.5) is 0 Å². The molecule has 0 radical (unpaired) electrons. The van der Waals surface area contributed by atoms with Crippen LogP contribution >= 0.6 is 0 Å². The Kier molecular flexibility index (Phi) is 4.39. The predicted octanol–water partition coefficient (Wildman–Crippen LogP) is 2.20. The lowest BCUT2D eigenvalue weighted by molar-refractivity contribution is 0.185. The molecule has 0 bridgehead atoms. The van der Waals surface area contributed by atoms with E-state index in [0.29, 0.717) is 11.5 Å². The first-order chi connectivity index (χ1) is 12.3. The van der Waals surface area contributed by atoms with Crippen LogP contribution in [-0.4, -0.2) is 37.9 Å². The molecule has 1 atom stereocenters. The highest BCUT2D eigenvalue weighted by Gasteiger charge is 2.24. The average Bonchev–Trinajstić information content (AvgIpc) is 3.15. The van der Waals surface area contributed by atoms with E-state index in [1.165, 1.54) is 0 Å². The van der Waals surface area contributed by atoms with Gasteiger partial charge in [0, 0.05) is 30.9 Å². The molecule has 3 aromatic heterocycles. The molecule has 1 aliphatic rings. The Labute approximate surface area is 144 Å². The number of hydrogen-bond donors (Lipinski definition) is 1. The van der Waals surface area contributed by atoms with Gasteiger partial charge in [-0.05, 0) is 31.5 Å². The molecule has 0 spiro atoms. The lowest BCUT2D eigenvalue weighted by atomic mass is 9.94. The van der Waals surface area contributed by atoms with Crippen molar-refractivity contribution < 1.29 is 4.42 Å². The van der Waals surface area contributed by atoms with Gasteiger partial charge < -0.3 is 9.40 Å². The quantitative estimate of drug-likeness (QED) is 0.785. The SMILES string of the molecule is O=c1cc([C@@H]2CCCN(Cc3ccco3)C2)nc(-c2cnccn2)[nH]1. The minimum absolute atomic E-state index is 0.159. The van der Waals surface area contributed by atoms with E-state index in [-0.39, 0.29) is 11.5 Å². The zero-order valence-corrected chi connectivity index (χ0v) is 13.8. The molecule has 0 saturated carbocycles. The Morgan fingerprint density at radius 3 is 3.12 bits per heavy atom. The summed E-state index contributed by atoms with van der Waals surface area (Å²) >= 11 is 0. The summed E-state index contributed by atoms with van der Waals surface area (Å²) in [5.74, 6) is 1.65. The maximum atomic E-state index is 12.1. The molecular formula is C18H19N5O2. The van der Waals surface area contributed by atoms with E-state index in [0.717, 1.165) is 43.9 Å². The molecule has 1 aliphatic heterocycles. The van der Waals surface area contributed by atoms with Crippen molar-refractivity contribution in [1.82, 2.24) is 24.8 Å². The Hall–Kier alpha value is -2.80. The minimum Gasteiger partial charge on any atom is -0.468 e. The van der Waals surface area contributed by atoms with Crippen LogP contribution in [0, 0.1) is 0 Å². The van der Waals surface area contributed by atoms with Crippen molar-refractivity contribution in [3.05, 3.63) is 64.9 Å². The fraction of sp³-hybridized carbons (Fsp3) is 0.333. The monoisotopic (exact) mass is 337 g/mol. The summed E-state index contributed by atoms with van der Waals surface area (Å²) in [5, 5.41) is 0. The number of nitrogens with one attached hydrogen (secondary N) is 1. The first kappa shape index (κ1) is 15.7. The Bertz CT molecular complexity index is 876. The molecule has 0 aromatic carbocycles. The molecule has 0 aliphatic carbocycles. The Morgan fingerprint density at radius 1 is 1.36 bits per heavy atom. The van der Waals surface area contributed by atoms with Crippen LogP contribution in [0.25, 0.3) is 11.5 Å². The van der Waals surface area contributed by atoms with Gasteiger partial charge in [0.05, 0.1) is 24.7 Å². The molecule has 7 heteroatoms. The van der Waals surface area contributed by atoms with Crippen molar-refractivity contribution in [3.63, 3.8) is 0 Å². The van der Waals surface area contributed by atoms with Crippen molar-refractivity contribution in [2.45, 2.75) is 25.3 Å². The molecule has 7 nitrogen and oxygen atoms in total. The first-order valence-electron chi connectivity index (χ1n) is 8.40. The van der Waals surface area contributed by atoms with Crippen molar-refractivity contribution >= 4 is 0 Å². The molecule has 4 heterocycles. The van der Waals surface area contributed by atoms with E-state index in [9.17, 15) is 4.79 Å². The van der Waals surface area contributed by atoms with Crippen LogP contribution in [0.5, 0.6) is 0 Å². The largest absolute Gasteiger partial charge is 0.468 e. The number of H-pyrrole nitrogens is 1. The van der Waals surface area contributed by atoms with Crippen molar-refractivity contribution in [2.75, 3.05) is 13.1 Å². The highest BCUT2D eigenvalue weighted by molar-refractivity contribution is 5.46. The standard InChI is InChI=1S/C18H19N5O2/c24-17-9-15(21-18(22-17)16-10-19-5-6-20-16)13-3-1-7-23(11-13)12-14-4-2-8-25-14/h2,4-6,8-10,13H,1,3,7,11-12H2,(H,21,22,24)/t13-/m1/s1. The van der Waals surface area contributed by atoms with E-state index in [1.807, 2.05) is 12.1 Å². The lowest BCUT2D eigenvalue weighted by Crippen LogP contribution is -2.34. The minimum atomic E-state index is -0.159. The highest BCUT2D eigenvalue weighted by atomic mass is 16.3. The van der Waals surface area contributed by atoms with E-state index >= 15 is 0 Å². The third-order valence-electron chi connectivity index (χ3n) is 4.45. The number of rotatable bonds is 4. The second-order valence-corrected chi connectivity index (χ2v) is 6.26. The third kappa shape index (κ3) is 3.66. The lowest BCUT2D eigenvalue weighted by Gasteiger charge is -2.31. The molecule has 4 rings (SSSR count). The third-order valence-corrected chi connectivity index (χ3v) is 4.45. The molecule has 0 unspecified atom stereocenters. The van der Waals surface area contributed by atoms with E-state index in [1.54, 1.807) is 30.9 Å². The van der Waals surface area contributed by atoms with E-state index in [2.05, 4.69) is 24.8 Å². The van der Waals surface area contributed by atoms with E-state index in [4.69, 9.17) is 4.42 Å². The van der Waals surface area contributed by atoms with Crippen molar-refractivity contribution in [3.8, 4) is 11.5 Å². The van der Waals surface area contributed by atoms with Gasteiger partial charge >= 0.3 is 0 Å². The molecule has 128 valence electrons. The number of aromatic nitrogens is 4. The van der Waals surface area contributed by atoms with Crippen molar-refractivity contribution in [1.29, 1.82) is 0 Å².